The van der Waals surface area contributed by atoms with Crippen LogP contribution in [0.5, 0.6) is 0 Å². The van der Waals surface area contributed by atoms with Crippen molar-refractivity contribution in [1.29, 1.82) is 0 Å². The third-order valence-electron chi connectivity index (χ3n) is 5.26. The lowest BCUT2D eigenvalue weighted by Gasteiger charge is -2.37. The van der Waals surface area contributed by atoms with Crippen LogP contribution in [-0.4, -0.2) is 28.6 Å². The molecule has 0 unspecified atom stereocenters. The van der Waals surface area contributed by atoms with Crippen molar-refractivity contribution < 1.29 is 14.7 Å². The SMILES string of the molecule is C#CC(=O)N(c1ccc(NC2CCC2)c(Cl)c1)C1(C(=O)O)CCCC1. The second-order valence-corrected chi connectivity index (χ2v) is 7.17. The highest BCUT2D eigenvalue weighted by Gasteiger charge is 2.49. The van der Waals surface area contributed by atoms with Gasteiger partial charge in [-0.1, -0.05) is 24.4 Å². The molecule has 2 fully saturated rings. The van der Waals surface area contributed by atoms with Gasteiger partial charge in [0.15, 0.2) is 0 Å². The topological polar surface area (TPSA) is 69.6 Å². The highest BCUT2D eigenvalue weighted by atomic mass is 35.5. The van der Waals surface area contributed by atoms with Crippen molar-refractivity contribution >= 4 is 34.9 Å². The van der Waals surface area contributed by atoms with E-state index in [1.165, 1.54) is 11.3 Å². The standard InChI is InChI=1S/C19H21ClN2O3/c1-2-17(23)22(19(18(24)25)10-3-4-11-19)14-8-9-16(15(20)12-14)21-13-6-5-7-13/h1,8-9,12-13,21H,3-7,10-11H2,(H,24,25). The molecule has 0 radical (unpaired) electrons. The van der Waals surface area contributed by atoms with E-state index in [0.29, 0.717) is 29.6 Å². The number of carboxylic acid groups (broad SMARTS) is 1. The van der Waals surface area contributed by atoms with Crippen molar-refractivity contribution in [2.45, 2.75) is 56.5 Å². The van der Waals surface area contributed by atoms with Crippen LogP contribution in [0.2, 0.25) is 5.02 Å². The van der Waals surface area contributed by atoms with Gasteiger partial charge in [-0.05, 0) is 56.2 Å². The second kappa shape index (κ2) is 6.97. The first-order valence-corrected chi connectivity index (χ1v) is 8.96. The number of carbonyl (C=O) groups excluding carboxylic acids is 1. The minimum Gasteiger partial charge on any atom is -0.479 e. The number of nitrogens with zero attached hydrogens (tertiary/aromatic N) is 1. The first-order chi connectivity index (χ1) is 12.0. The summed E-state index contributed by atoms with van der Waals surface area (Å²) in [7, 11) is 0. The quantitative estimate of drug-likeness (QED) is 0.786. The summed E-state index contributed by atoms with van der Waals surface area (Å²) in [5.41, 5.74) is -0.0779. The van der Waals surface area contributed by atoms with Crippen LogP contribution in [0.4, 0.5) is 11.4 Å². The molecule has 132 valence electrons. The number of terminal acetylenes is 1. The summed E-state index contributed by atoms with van der Waals surface area (Å²) in [4.78, 5) is 25.6. The number of rotatable bonds is 5. The van der Waals surface area contributed by atoms with Gasteiger partial charge in [0.25, 0.3) is 0 Å². The average molecular weight is 361 g/mol. The molecule has 0 heterocycles. The zero-order valence-electron chi connectivity index (χ0n) is 13.9. The molecule has 2 aliphatic carbocycles. The first-order valence-electron chi connectivity index (χ1n) is 8.58. The Bertz CT molecular complexity index is 731. The first kappa shape index (κ1) is 17.6. The van der Waals surface area contributed by atoms with E-state index in [9.17, 15) is 14.7 Å². The van der Waals surface area contributed by atoms with Gasteiger partial charge in [0.2, 0.25) is 0 Å². The molecule has 1 aromatic carbocycles. The largest absolute Gasteiger partial charge is 0.479 e. The lowest BCUT2D eigenvalue weighted by Crippen LogP contribution is -2.55. The van der Waals surface area contributed by atoms with E-state index in [0.717, 1.165) is 31.4 Å². The zero-order valence-corrected chi connectivity index (χ0v) is 14.7. The summed E-state index contributed by atoms with van der Waals surface area (Å²) in [6.45, 7) is 0. The Morgan fingerprint density at radius 2 is 1.96 bits per heavy atom. The number of hydrogen-bond acceptors (Lipinski definition) is 3. The maximum absolute atomic E-state index is 12.4. The Kier molecular flexibility index (Phi) is 4.91. The average Bonchev–Trinajstić information content (AvgIpc) is 3.03. The normalized spacial score (nSPS) is 18.9. The summed E-state index contributed by atoms with van der Waals surface area (Å²) in [5.74, 6) is 0.390. The molecule has 2 saturated carbocycles. The number of carbonyl (C=O) groups is 2. The summed E-state index contributed by atoms with van der Waals surface area (Å²) in [6.07, 6.45) is 11.0. The summed E-state index contributed by atoms with van der Waals surface area (Å²) in [5, 5.41) is 13.6. The van der Waals surface area contributed by atoms with Crippen molar-refractivity contribution in [2.75, 3.05) is 10.2 Å². The molecule has 1 amide bonds. The molecular formula is C19H21ClN2O3. The van der Waals surface area contributed by atoms with Gasteiger partial charge in [-0.15, -0.1) is 6.42 Å². The van der Waals surface area contributed by atoms with Crippen molar-refractivity contribution in [1.82, 2.24) is 0 Å². The van der Waals surface area contributed by atoms with Crippen LogP contribution in [0.15, 0.2) is 18.2 Å². The lowest BCUT2D eigenvalue weighted by molar-refractivity contribution is -0.144. The van der Waals surface area contributed by atoms with Gasteiger partial charge < -0.3 is 10.4 Å². The number of carboxylic acids is 1. The summed E-state index contributed by atoms with van der Waals surface area (Å²) in [6, 6.07) is 5.55. The second-order valence-electron chi connectivity index (χ2n) is 6.77. The van der Waals surface area contributed by atoms with Crippen LogP contribution >= 0.6 is 11.6 Å². The number of nitrogens with one attached hydrogen (secondary N) is 1. The van der Waals surface area contributed by atoms with Gasteiger partial charge >= 0.3 is 11.9 Å². The Balaban J connectivity index is 1.96. The number of aliphatic carboxylic acids is 1. The number of amides is 1. The van der Waals surface area contributed by atoms with E-state index in [4.69, 9.17) is 18.0 Å². The fraction of sp³-hybridized carbons (Fsp3) is 0.474. The molecule has 25 heavy (non-hydrogen) atoms. The number of benzene rings is 1. The van der Waals surface area contributed by atoms with E-state index in [1.54, 1.807) is 18.2 Å². The number of hydrogen-bond donors (Lipinski definition) is 2. The van der Waals surface area contributed by atoms with E-state index in [2.05, 4.69) is 11.2 Å². The van der Waals surface area contributed by atoms with Crippen molar-refractivity contribution in [3.63, 3.8) is 0 Å². The Morgan fingerprint density at radius 3 is 2.44 bits per heavy atom. The predicted octanol–water partition coefficient (Wildman–Crippen LogP) is 3.67. The van der Waals surface area contributed by atoms with E-state index >= 15 is 0 Å². The molecule has 2 aliphatic rings. The summed E-state index contributed by atoms with van der Waals surface area (Å²) < 4.78 is 0. The molecule has 0 aliphatic heterocycles. The monoisotopic (exact) mass is 360 g/mol. The van der Waals surface area contributed by atoms with E-state index < -0.39 is 17.4 Å². The molecule has 5 nitrogen and oxygen atoms in total. The maximum Gasteiger partial charge on any atom is 0.330 e. The fourth-order valence-corrected chi connectivity index (χ4v) is 3.88. The van der Waals surface area contributed by atoms with Gasteiger partial charge in [0, 0.05) is 11.7 Å². The molecule has 0 saturated heterocycles. The maximum atomic E-state index is 12.4. The Morgan fingerprint density at radius 1 is 1.28 bits per heavy atom. The molecule has 1 aromatic rings. The fourth-order valence-electron chi connectivity index (χ4n) is 3.65. The molecule has 0 atom stereocenters. The van der Waals surface area contributed by atoms with Crippen LogP contribution in [0, 0.1) is 12.3 Å². The smallest absolute Gasteiger partial charge is 0.330 e. The number of halogens is 1. The Labute approximate surface area is 152 Å². The van der Waals surface area contributed by atoms with Gasteiger partial charge in [-0.3, -0.25) is 9.69 Å². The van der Waals surface area contributed by atoms with Crippen LogP contribution in [0.1, 0.15) is 44.9 Å². The van der Waals surface area contributed by atoms with E-state index in [-0.39, 0.29) is 0 Å². The third-order valence-corrected chi connectivity index (χ3v) is 5.57. The number of anilines is 2. The molecule has 0 bridgehead atoms. The summed E-state index contributed by atoms with van der Waals surface area (Å²) >= 11 is 6.38. The van der Waals surface area contributed by atoms with Crippen LogP contribution in [0.25, 0.3) is 0 Å². The highest BCUT2D eigenvalue weighted by molar-refractivity contribution is 6.33. The van der Waals surface area contributed by atoms with Crippen LogP contribution < -0.4 is 10.2 Å². The van der Waals surface area contributed by atoms with Crippen molar-refractivity contribution in [3.8, 4) is 12.3 Å². The van der Waals surface area contributed by atoms with Gasteiger partial charge in [0.05, 0.1) is 10.7 Å². The lowest BCUT2D eigenvalue weighted by atomic mass is 9.92. The molecule has 2 N–H and O–H groups in total. The van der Waals surface area contributed by atoms with E-state index in [1.807, 2.05) is 0 Å². The molecule has 0 aromatic heterocycles. The highest BCUT2D eigenvalue weighted by Crippen LogP contribution is 2.40. The van der Waals surface area contributed by atoms with Crippen molar-refractivity contribution in [2.24, 2.45) is 0 Å². The van der Waals surface area contributed by atoms with Gasteiger partial charge in [-0.25, -0.2) is 4.79 Å². The molecule has 6 heteroatoms. The van der Waals surface area contributed by atoms with Crippen LogP contribution in [0.3, 0.4) is 0 Å². The van der Waals surface area contributed by atoms with Gasteiger partial charge in [-0.2, -0.15) is 0 Å². The molecule has 3 rings (SSSR count). The van der Waals surface area contributed by atoms with Crippen molar-refractivity contribution in [3.05, 3.63) is 23.2 Å². The molecule has 0 spiro atoms. The zero-order chi connectivity index (χ0) is 18.0. The van der Waals surface area contributed by atoms with Crippen LogP contribution in [-0.2, 0) is 9.59 Å². The minimum absolute atomic E-state index is 0.384. The predicted molar refractivity (Wildman–Crippen MR) is 97.9 cm³/mol. The van der Waals surface area contributed by atoms with Gasteiger partial charge in [0.1, 0.15) is 5.54 Å². The third kappa shape index (κ3) is 3.19. The minimum atomic E-state index is -1.30. The molecular weight excluding hydrogens is 340 g/mol. The Hall–Kier alpha value is -2.19.